The smallest absolute Gasteiger partial charge is 0.134 e. The second-order valence-electron chi connectivity index (χ2n) is 4.63. The monoisotopic (exact) mass is 239 g/mol. The van der Waals surface area contributed by atoms with Crippen LogP contribution in [0.4, 0.5) is 5.82 Å². The van der Waals surface area contributed by atoms with E-state index in [0.29, 0.717) is 17.2 Å². The van der Waals surface area contributed by atoms with Crippen molar-refractivity contribution in [2.24, 2.45) is 0 Å². The van der Waals surface area contributed by atoms with Gasteiger partial charge in [0.15, 0.2) is 0 Å². The van der Waals surface area contributed by atoms with Crippen LogP contribution in [0.15, 0.2) is 6.07 Å². The van der Waals surface area contributed by atoms with Gasteiger partial charge in [0.25, 0.3) is 0 Å². The van der Waals surface area contributed by atoms with E-state index in [1.165, 1.54) is 19.3 Å². The highest BCUT2D eigenvalue weighted by Crippen LogP contribution is 2.28. The first-order valence-corrected chi connectivity index (χ1v) is 6.25. The molecule has 1 aromatic heterocycles. The van der Waals surface area contributed by atoms with Gasteiger partial charge in [-0.1, -0.05) is 11.6 Å². The second kappa shape index (κ2) is 4.58. The number of hydrogen-bond donors (Lipinski definition) is 0. The van der Waals surface area contributed by atoms with E-state index >= 15 is 0 Å². The summed E-state index contributed by atoms with van der Waals surface area (Å²) >= 11 is 5.99. The lowest BCUT2D eigenvalue weighted by molar-refractivity contribution is 0.411. The van der Waals surface area contributed by atoms with Gasteiger partial charge in [0.1, 0.15) is 16.8 Å². The van der Waals surface area contributed by atoms with Crippen LogP contribution in [0.2, 0.25) is 5.15 Å². The predicted octanol–water partition coefficient (Wildman–Crippen LogP) is 3.21. The minimum Gasteiger partial charge on any atom is -0.351 e. The highest BCUT2D eigenvalue weighted by atomic mass is 35.5. The van der Waals surface area contributed by atoms with Crippen molar-refractivity contribution in [3.8, 4) is 0 Å². The summed E-state index contributed by atoms with van der Waals surface area (Å²) in [4.78, 5) is 11.0. The highest BCUT2D eigenvalue weighted by molar-refractivity contribution is 6.29. The molecule has 1 saturated heterocycles. The highest BCUT2D eigenvalue weighted by Gasteiger charge is 2.26. The van der Waals surface area contributed by atoms with Crippen LogP contribution in [-0.2, 0) is 0 Å². The number of hydrogen-bond acceptors (Lipinski definition) is 3. The van der Waals surface area contributed by atoms with Crippen molar-refractivity contribution in [1.82, 2.24) is 9.97 Å². The first kappa shape index (κ1) is 11.6. The Hall–Kier alpha value is -0.830. The van der Waals surface area contributed by atoms with Crippen molar-refractivity contribution in [3.63, 3.8) is 0 Å². The molecular formula is C12H18ClN3. The molecule has 0 saturated carbocycles. The van der Waals surface area contributed by atoms with Crippen molar-refractivity contribution in [3.05, 3.63) is 17.0 Å². The van der Waals surface area contributed by atoms with Crippen molar-refractivity contribution >= 4 is 17.4 Å². The molecule has 1 aliphatic rings. The van der Waals surface area contributed by atoms with Crippen LogP contribution in [-0.4, -0.2) is 22.1 Å². The maximum atomic E-state index is 5.99. The van der Waals surface area contributed by atoms with Crippen LogP contribution in [0, 0.1) is 6.92 Å². The van der Waals surface area contributed by atoms with E-state index in [0.717, 1.165) is 11.6 Å². The number of aromatic nitrogens is 2. The van der Waals surface area contributed by atoms with E-state index in [1.54, 1.807) is 0 Å². The topological polar surface area (TPSA) is 29.0 Å². The Morgan fingerprint density at radius 1 is 1.25 bits per heavy atom. The molecular weight excluding hydrogens is 222 g/mol. The summed E-state index contributed by atoms with van der Waals surface area (Å²) in [6, 6.07) is 2.94. The van der Waals surface area contributed by atoms with Gasteiger partial charge in [-0.25, -0.2) is 9.97 Å². The van der Waals surface area contributed by atoms with E-state index in [4.69, 9.17) is 11.6 Å². The van der Waals surface area contributed by atoms with Crippen molar-refractivity contribution in [2.45, 2.75) is 52.1 Å². The molecule has 0 unspecified atom stereocenters. The molecule has 4 heteroatoms. The first-order chi connectivity index (χ1) is 7.58. The maximum absolute atomic E-state index is 5.99. The number of anilines is 1. The molecule has 16 heavy (non-hydrogen) atoms. The fourth-order valence-corrected chi connectivity index (χ4v) is 2.74. The summed E-state index contributed by atoms with van der Waals surface area (Å²) in [6.45, 7) is 6.39. The number of rotatable bonds is 1. The van der Waals surface area contributed by atoms with Gasteiger partial charge >= 0.3 is 0 Å². The third kappa shape index (κ3) is 2.29. The molecule has 0 radical (unpaired) electrons. The average molecular weight is 240 g/mol. The van der Waals surface area contributed by atoms with Gasteiger partial charge in [-0.15, -0.1) is 0 Å². The molecule has 1 fully saturated rings. The summed E-state index contributed by atoms with van der Waals surface area (Å²) in [6.07, 6.45) is 3.76. The molecule has 2 atom stereocenters. The molecule has 0 aliphatic carbocycles. The van der Waals surface area contributed by atoms with Gasteiger partial charge in [0.05, 0.1) is 0 Å². The minimum atomic E-state index is 0.535. The third-order valence-electron chi connectivity index (χ3n) is 3.25. The van der Waals surface area contributed by atoms with Crippen LogP contribution in [0.25, 0.3) is 0 Å². The predicted molar refractivity (Wildman–Crippen MR) is 67.0 cm³/mol. The normalized spacial score (nSPS) is 25.9. The number of piperidine rings is 1. The molecule has 0 N–H and O–H groups in total. The fraction of sp³-hybridized carbons (Fsp3) is 0.667. The quantitative estimate of drug-likeness (QED) is 0.705. The average Bonchev–Trinajstić information content (AvgIpc) is 2.15. The summed E-state index contributed by atoms with van der Waals surface area (Å²) in [5, 5.41) is 0.535. The Balaban J connectivity index is 2.33. The second-order valence-corrected chi connectivity index (χ2v) is 5.02. The molecule has 0 aromatic carbocycles. The zero-order valence-electron chi connectivity index (χ0n) is 10.1. The SMILES string of the molecule is Cc1nc(Cl)cc(N2[C@H](C)CCC[C@H]2C)n1. The number of nitrogens with zero attached hydrogens (tertiary/aromatic N) is 3. The van der Waals surface area contributed by atoms with Gasteiger partial charge in [-0.2, -0.15) is 0 Å². The zero-order chi connectivity index (χ0) is 11.7. The summed E-state index contributed by atoms with van der Waals surface area (Å²) in [7, 11) is 0. The summed E-state index contributed by atoms with van der Waals surface area (Å²) < 4.78 is 0. The summed E-state index contributed by atoms with van der Waals surface area (Å²) in [5.41, 5.74) is 0. The molecule has 1 aromatic rings. The molecule has 1 aliphatic heterocycles. The minimum absolute atomic E-state index is 0.535. The van der Waals surface area contributed by atoms with Crippen molar-refractivity contribution < 1.29 is 0 Å². The molecule has 2 rings (SSSR count). The lowest BCUT2D eigenvalue weighted by atomic mass is 9.97. The Bertz CT molecular complexity index is 350. The largest absolute Gasteiger partial charge is 0.351 e. The van der Waals surface area contributed by atoms with E-state index in [1.807, 2.05) is 13.0 Å². The standard InChI is InChI=1S/C12H18ClN3/c1-8-5-4-6-9(2)16(8)12-7-11(13)14-10(3)15-12/h7-9H,4-6H2,1-3H3/t8-,9-/m1/s1. The maximum Gasteiger partial charge on any atom is 0.134 e. The van der Waals surface area contributed by atoms with Crippen LogP contribution >= 0.6 is 11.6 Å². The van der Waals surface area contributed by atoms with Gasteiger partial charge in [0, 0.05) is 18.2 Å². The Morgan fingerprint density at radius 2 is 1.88 bits per heavy atom. The molecule has 0 amide bonds. The van der Waals surface area contributed by atoms with E-state index in [2.05, 4.69) is 28.7 Å². The molecule has 3 nitrogen and oxygen atoms in total. The lowest BCUT2D eigenvalue weighted by Gasteiger charge is -2.40. The zero-order valence-corrected chi connectivity index (χ0v) is 10.8. The van der Waals surface area contributed by atoms with Gasteiger partial charge in [0.2, 0.25) is 0 Å². The van der Waals surface area contributed by atoms with Crippen molar-refractivity contribution in [1.29, 1.82) is 0 Å². The number of aryl methyl sites for hydroxylation is 1. The van der Waals surface area contributed by atoms with Crippen LogP contribution < -0.4 is 4.90 Å². The van der Waals surface area contributed by atoms with Crippen LogP contribution in [0.3, 0.4) is 0 Å². The Labute approximate surface area is 102 Å². The third-order valence-corrected chi connectivity index (χ3v) is 3.44. The molecule has 88 valence electrons. The molecule has 2 heterocycles. The van der Waals surface area contributed by atoms with Gasteiger partial charge in [-0.3, -0.25) is 0 Å². The summed E-state index contributed by atoms with van der Waals surface area (Å²) in [5.74, 6) is 1.71. The first-order valence-electron chi connectivity index (χ1n) is 5.87. The fourth-order valence-electron chi connectivity index (χ4n) is 2.52. The van der Waals surface area contributed by atoms with Crippen LogP contribution in [0.5, 0.6) is 0 Å². The number of halogens is 1. The lowest BCUT2D eigenvalue weighted by Crippen LogP contribution is -2.44. The molecule has 0 bridgehead atoms. The van der Waals surface area contributed by atoms with Gasteiger partial charge in [-0.05, 0) is 40.0 Å². The van der Waals surface area contributed by atoms with Gasteiger partial charge < -0.3 is 4.90 Å². The van der Waals surface area contributed by atoms with Crippen LogP contribution in [0.1, 0.15) is 38.9 Å². The Kier molecular flexibility index (Phi) is 3.33. The molecule has 0 spiro atoms. The van der Waals surface area contributed by atoms with Crippen molar-refractivity contribution in [2.75, 3.05) is 4.90 Å². The van der Waals surface area contributed by atoms with E-state index in [-0.39, 0.29) is 0 Å². The van der Waals surface area contributed by atoms with E-state index in [9.17, 15) is 0 Å². The Morgan fingerprint density at radius 3 is 2.44 bits per heavy atom. The van der Waals surface area contributed by atoms with E-state index < -0.39 is 0 Å².